The minimum atomic E-state index is -0.661. The number of urea groups is 1. The van der Waals surface area contributed by atoms with Crippen molar-refractivity contribution in [1.29, 1.82) is 0 Å². The van der Waals surface area contributed by atoms with Crippen LogP contribution in [-0.4, -0.2) is 17.7 Å². The number of carbonyl (C=O) groups is 2. The number of nitrogens with two attached hydrogens (primary N) is 1. The maximum Gasteiger partial charge on any atom is 0.312 e. The number of rotatable bonds is 5. The first-order valence-corrected chi connectivity index (χ1v) is 9.82. The summed E-state index contributed by atoms with van der Waals surface area (Å²) in [6.45, 7) is 0. The van der Waals surface area contributed by atoms with Gasteiger partial charge in [0.1, 0.15) is 0 Å². The second-order valence-corrected chi connectivity index (χ2v) is 7.79. The molecule has 1 saturated carbocycles. The van der Waals surface area contributed by atoms with E-state index in [9.17, 15) is 9.59 Å². The van der Waals surface area contributed by atoms with E-state index in [4.69, 9.17) is 15.2 Å². The van der Waals surface area contributed by atoms with Crippen LogP contribution in [0.25, 0.3) is 0 Å². The summed E-state index contributed by atoms with van der Waals surface area (Å²) < 4.78 is 12.0. The fraction of sp³-hybridized carbons (Fsp3) is 0.368. The van der Waals surface area contributed by atoms with Crippen molar-refractivity contribution in [2.24, 2.45) is 5.73 Å². The van der Waals surface area contributed by atoms with Gasteiger partial charge in [0.15, 0.2) is 11.5 Å². The Hall–Kier alpha value is -2.74. The van der Waals surface area contributed by atoms with E-state index in [0.29, 0.717) is 17.2 Å². The quantitative estimate of drug-likeness (QED) is 0.730. The van der Waals surface area contributed by atoms with E-state index in [1.54, 1.807) is 12.1 Å². The monoisotopic (exact) mass is 387 g/mol. The highest BCUT2D eigenvalue weighted by molar-refractivity contribution is 7.10. The van der Waals surface area contributed by atoms with Gasteiger partial charge in [-0.2, -0.15) is 0 Å². The molecule has 7 nitrogen and oxygen atoms in total. The van der Waals surface area contributed by atoms with E-state index < -0.39 is 17.9 Å². The lowest BCUT2D eigenvalue weighted by Crippen LogP contribution is -2.34. The third-order valence-corrected chi connectivity index (χ3v) is 5.76. The molecule has 2 aromatic rings. The lowest BCUT2D eigenvalue weighted by molar-refractivity contribution is -0.116. The highest BCUT2D eigenvalue weighted by Gasteiger charge is 2.44. The Labute approximate surface area is 160 Å². The average Bonchev–Trinajstić information content (AvgIpc) is 3.34. The van der Waals surface area contributed by atoms with E-state index in [2.05, 4.69) is 10.6 Å². The third kappa shape index (κ3) is 3.85. The van der Waals surface area contributed by atoms with Crippen molar-refractivity contribution in [3.63, 3.8) is 0 Å². The fourth-order valence-electron chi connectivity index (χ4n) is 3.57. The van der Waals surface area contributed by atoms with Crippen LogP contribution in [0.3, 0.4) is 0 Å². The van der Waals surface area contributed by atoms with Crippen molar-refractivity contribution in [3.05, 3.63) is 40.6 Å². The molecular formula is C19H21N3O4S. The lowest BCUT2D eigenvalue weighted by Gasteiger charge is -2.21. The zero-order valence-electron chi connectivity index (χ0n) is 14.7. The third-order valence-electron chi connectivity index (χ3n) is 4.78. The molecule has 1 fully saturated rings. The Morgan fingerprint density at radius 3 is 2.67 bits per heavy atom. The summed E-state index contributed by atoms with van der Waals surface area (Å²) in [6.07, 6.45) is 4.03. The Kier molecular flexibility index (Phi) is 4.65. The van der Waals surface area contributed by atoms with Gasteiger partial charge < -0.3 is 25.8 Å². The minimum Gasteiger partial charge on any atom is -0.448 e. The second-order valence-electron chi connectivity index (χ2n) is 6.81. The van der Waals surface area contributed by atoms with Gasteiger partial charge in [0, 0.05) is 29.5 Å². The molecule has 4 rings (SSSR count). The first-order chi connectivity index (χ1) is 13.0. The molecular weight excluding hydrogens is 366 g/mol. The smallest absolute Gasteiger partial charge is 0.312 e. The molecule has 1 aliphatic carbocycles. The first-order valence-electron chi connectivity index (χ1n) is 8.94. The first kappa shape index (κ1) is 17.7. The molecule has 142 valence electrons. The van der Waals surface area contributed by atoms with Crippen molar-refractivity contribution >= 4 is 29.0 Å². The molecule has 1 atom stereocenters. The van der Waals surface area contributed by atoms with Gasteiger partial charge in [-0.3, -0.25) is 4.79 Å². The number of nitrogens with one attached hydrogen (secondary N) is 2. The van der Waals surface area contributed by atoms with E-state index >= 15 is 0 Å². The molecule has 3 amide bonds. The number of hydrogen-bond donors (Lipinski definition) is 3. The molecule has 0 radical (unpaired) electrons. The molecule has 0 unspecified atom stereocenters. The topological polar surface area (TPSA) is 103 Å². The number of ether oxygens (including phenoxy) is 2. The van der Waals surface area contributed by atoms with Gasteiger partial charge in [0.05, 0.1) is 12.5 Å². The lowest BCUT2D eigenvalue weighted by atomic mass is 10.1. The standard InChI is InChI=1S/C19H21N3O4S/c20-18(24)22-13(16-4-3-9-27-16)11-17(23)21-12-5-6-14-15(10-12)26-19(25-14)7-1-2-8-19/h3-6,9-10,13H,1-2,7-8,11H2,(H,21,23)(H3,20,22,24)/t13-/m1/s1. The number of benzene rings is 1. The van der Waals surface area contributed by atoms with Crippen LogP contribution in [0.4, 0.5) is 10.5 Å². The highest BCUT2D eigenvalue weighted by atomic mass is 32.1. The fourth-order valence-corrected chi connectivity index (χ4v) is 4.35. The Morgan fingerprint density at radius 2 is 1.96 bits per heavy atom. The van der Waals surface area contributed by atoms with Crippen LogP contribution in [-0.2, 0) is 4.79 Å². The predicted molar refractivity (Wildman–Crippen MR) is 102 cm³/mol. The molecule has 2 aliphatic rings. The SMILES string of the molecule is NC(=O)N[C@H](CC(=O)Nc1ccc2c(c1)OC1(CCCC1)O2)c1cccs1. The molecule has 1 aromatic heterocycles. The predicted octanol–water partition coefficient (Wildman–Crippen LogP) is 3.53. The molecule has 2 heterocycles. The van der Waals surface area contributed by atoms with Gasteiger partial charge in [0.2, 0.25) is 5.91 Å². The summed E-state index contributed by atoms with van der Waals surface area (Å²) in [5.74, 6) is 0.610. The Morgan fingerprint density at radius 1 is 1.19 bits per heavy atom. The Bertz CT molecular complexity index is 847. The van der Waals surface area contributed by atoms with Crippen LogP contribution in [0, 0.1) is 0 Å². The van der Waals surface area contributed by atoms with Crippen molar-refractivity contribution in [1.82, 2.24) is 5.32 Å². The zero-order chi connectivity index (χ0) is 18.9. The van der Waals surface area contributed by atoms with Crippen LogP contribution in [0.1, 0.15) is 43.0 Å². The molecule has 1 aromatic carbocycles. The van der Waals surface area contributed by atoms with Crippen LogP contribution in [0.5, 0.6) is 11.5 Å². The molecule has 0 bridgehead atoms. The van der Waals surface area contributed by atoms with Gasteiger partial charge in [-0.15, -0.1) is 11.3 Å². The molecule has 1 aliphatic heterocycles. The highest BCUT2D eigenvalue weighted by Crippen LogP contribution is 2.47. The summed E-state index contributed by atoms with van der Waals surface area (Å²) >= 11 is 1.46. The summed E-state index contributed by atoms with van der Waals surface area (Å²) in [5.41, 5.74) is 5.86. The molecule has 0 saturated heterocycles. The number of thiophene rings is 1. The van der Waals surface area contributed by atoms with E-state index in [1.165, 1.54) is 11.3 Å². The van der Waals surface area contributed by atoms with Crippen LogP contribution in [0.15, 0.2) is 35.7 Å². The van der Waals surface area contributed by atoms with Crippen molar-refractivity contribution in [2.75, 3.05) is 5.32 Å². The number of primary amides is 1. The van der Waals surface area contributed by atoms with Gasteiger partial charge in [-0.25, -0.2) is 4.79 Å². The van der Waals surface area contributed by atoms with E-state index in [0.717, 1.165) is 30.6 Å². The van der Waals surface area contributed by atoms with Gasteiger partial charge in [-0.1, -0.05) is 6.07 Å². The molecule has 4 N–H and O–H groups in total. The summed E-state index contributed by atoms with van der Waals surface area (Å²) in [4.78, 5) is 24.6. The van der Waals surface area contributed by atoms with Crippen LogP contribution >= 0.6 is 11.3 Å². The normalized spacial score (nSPS) is 17.6. The summed E-state index contributed by atoms with van der Waals surface area (Å²) in [6, 6.07) is 7.99. The van der Waals surface area contributed by atoms with E-state index in [1.807, 2.05) is 23.6 Å². The maximum absolute atomic E-state index is 12.5. The minimum absolute atomic E-state index is 0.0852. The van der Waals surface area contributed by atoms with Crippen LogP contribution in [0.2, 0.25) is 0 Å². The van der Waals surface area contributed by atoms with Crippen molar-refractivity contribution in [3.8, 4) is 11.5 Å². The molecule has 1 spiro atoms. The van der Waals surface area contributed by atoms with Crippen LogP contribution < -0.4 is 25.8 Å². The van der Waals surface area contributed by atoms with Crippen molar-refractivity contribution in [2.45, 2.75) is 43.9 Å². The number of anilines is 1. The summed E-state index contributed by atoms with van der Waals surface area (Å²) in [5, 5.41) is 7.36. The second kappa shape index (κ2) is 7.11. The van der Waals surface area contributed by atoms with Gasteiger partial charge in [-0.05, 0) is 36.4 Å². The summed E-state index contributed by atoms with van der Waals surface area (Å²) in [7, 11) is 0. The van der Waals surface area contributed by atoms with E-state index in [-0.39, 0.29) is 12.3 Å². The van der Waals surface area contributed by atoms with Gasteiger partial charge in [0.25, 0.3) is 5.79 Å². The maximum atomic E-state index is 12.5. The number of amides is 3. The zero-order valence-corrected chi connectivity index (χ0v) is 15.5. The van der Waals surface area contributed by atoms with Gasteiger partial charge >= 0.3 is 6.03 Å². The number of fused-ring (bicyclic) bond motifs is 1. The average molecular weight is 387 g/mol. The molecule has 27 heavy (non-hydrogen) atoms. The van der Waals surface area contributed by atoms with Crippen molar-refractivity contribution < 1.29 is 19.1 Å². The number of carbonyl (C=O) groups excluding carboxylic acids is 2. The Balaban J connectivity index is 1.42. The molecule has 8 heteroatoms. The largest absolute Gasteiger partial charge is 0.448 e. The number of hydrogen-bond acceptors (Lipinski definition) is 5.